The third kappa shape index (κ3) is 4.45. The van der Waals surface area contributed by atoms with Crippen molar-refractivity contribution in [2.45, 2.75) is 20.8 Å². The van der Waals surface area contributed by atoms with Crippen LogP contribution in [0, 0.1) is 13.8 Å². The first kappa shape index (κ1) is 23.9. The van der Waals surface area contributed by atoms with Gasteiger partial charge in [0.2, 0.25) is 5.78 Å². The number of nitrogens with one attached hydrogen (secondary N) is 2. The summed E-state index contributed by atoms with van der Waals surface area (Å²) in [5.41, 5.74) is 3.93. The average Bonchev–Trinajstić information content (AvgIpc) is 3.53. The maximum Gasteiger partial charge on any atom is 0.273 e. The van der Waals surface area contributed by atoms with E-state index in [0.717, 1.165) is 11.1 Å². The van der Waals surface area contributed by atoms with Crippen molar-refractivity contribution in [2.24, 2.45) is 0 Å². The second-order valence-electron chi connectivity index (χ2n) is 8.61. The predicted octanol–water partition coefficient (Wildman–Crippen LogP) is 6.03. The molecule has 0 atom stereocenters. The molecule has 5 rings (SSSR count). The minimum absolute atomic E-state index is 0.0188. The summed E-state index contributed by atoms with van der Waals surface area (Å²) in [4.78, 5) is 26.6. The van der Waals surface area contributed by atoms with Crippen molar-refractivity contribution in [1.82, 2.24) is 10.2 Å². The summed E-state index contributed by atoms with van der Waals surface area (Å²) >= 11 is 0. The van der Waals surface area contributed by atoms with E-state index < -0.39 is 5.91 Å². The molecule has 8 heteroatoms. The van der Waals surface area contributed by atoms with Gasteiger partial charge in [0, 0.05) is 16.5 Å². The molecule has 0 bridgehead atoms. The number of rotatable bonds is 7. The molecule has 2 aromatic heterocycles. The van der Waals surface area contributed by atoms with Gasteiger partial charge in [0.05, 0.1) is 18.0 Å². The highest BCUT2D eigenvalue weighted by molar-refractivity contribution is 6.18. The van der Waals surface area contributed by atoms with Crippen molar-refractivity contribution in [2.75, 3.05) is 11.9 Å². The molecule has 0 fully saturated rings. The van der Waals surface area contributed by atoms with E-state index in [9.17, 15) is 14.7 Å². The van der Waals surface area contributed by atoms with E-state index in [1.165, 1.54) is 0 Å². The number of aromatic nitrogens is 2. The number of hydrogen-bond donors (Lipinski definition) is 3. The number of para-hydroxylation sites is 1. The number of carbonyl (C=O) groups excluding carboxylic acids is 2. The summed E-state index contributed by atoms with van der Waals surface area (Å²) < 4.78 is 11.3. The number of amides is 1. The summed E-state index contributed by atoms with van der Waals surface area (Å²) in [6.07, 6.45) is 0. The first-order valence-electron chi connectivity index (χ1n) is 11.8. The number of ether oxygens (including phenoxy) is 1. The Morgan fingerprint density at radius 1 is 1.05 bits per heavy atom. The van der Waals surface area contributed by atoms with Crippen molar-refractivity contribution in [3.63, 3.8) is 0 Å². The lowest BCUT2D eigenvalue weighted by atomic mass is 10.0. The number of benzene rings is 3. The molecule has 0 aliphatic carbocycles. The Labute approximate surface area is 212 Å². The van der Waals surface area contributed by atoms with Gasteiger partial charge in [-0.1, -0.05) is 18.2 Å². The van der Waals surface area contributed by atoms with Gasteiger partial charge in [-0.3, -0.25) is 14.7 Å². The maximum atomic E-state index is 13.4. The molecular formula is C29H25N3O5. The van der Waals surface area contributed by atoms with Crippen molar-refractivity contribution < 1.29 is 23.8 Å². The van der Waals surface area contributed by atoms with Gasteiger partial charge in [0.15, 0.2) is 5.76 Å². The minimum Gasteiger partial charge on any atom is -0.507 e. The van der Waals surface area contributed by atoms with Gasteiger partial charge in [-0.25, -0.2) is 0 Å². The lowest BCUT2D eigenvalue weighted by Gasteiger charge is -2.07. The molecule has 0 unspecified atom stereocenters. The third-order valence-electron chi connectivity index (χ3n) is 6.27. The molecule has 3 aromatic carbocycles. The van der Waals surface area contributed by atoms with E-state index in [2.05, 4.69) is 15.5 Å². The van der Waals surface area contributed by atoms with Gasteiger partial charge in [-0.15, -0.1) is 0 Å². The number of aromatic amines is 1. The van der Waals surface area contributed by atoms with Gasteiger partial charge < -0.3 is 19.6 Å². The number of aromatic hydroxyl groups is 1. The Morgan fingerprint density at radius 2 is 1.81 bits per heavy atom. The zero-order chi connectivity index (χ0) is 26.1. The second-order valence-corrected chi connectivity index (χ2v) is 8.61. The lowest BCUT2D eigenvalue weighted by molar-refractivity contribution is 0.101. The number of carbonyl (C=O) groups is 2. The summed E-state index contributed by atoms with van der Waals surface area (Å²) in [5, 5.41) is 20.9. The molecule has 0 saturated heterocycles. The fourth-order valence-corrected chi connectivity index (χ4v) is 4.09. The fraction of sp³-hybridized carbons (Fsp3) is 0.138. The largest absolute Gasteiger partial charge is 0.507 e. The molecule has 0 aliphatic heterocycles. The van der Waals surface area contributed by atoms with Crippen LogP contribution >= 0.6 is 0 Å². The molecule has 0 aliphatic rings. The Balaban J connectivity index is 1.47. The van der Waals surface area contributed by atoms with E-state index in [1.54, 1.807) is 60.7 Å². The standard InChI is InChI=1S/C29H25N3O5/c1-4-36-19-12-10-18(11-13-19)27(34)28-25(21-7-5-6-8-24(21)37-28)30-29(35)23-15-22(31-32-23)20-14-9-16(2)17(3)26(20)33/h5-15,33H,4H2,1-3H3,(H,30,35)(H,31,32). The van der Waals surface area contributed by atoms with Crippen LogP contribution in [0.4, 0.5) is 5.69 Å². The monoisotopic (exact) mass is 495 g/mol. The van der Waals surface area contributed by atoms with Crippen LogP contribution in [-0.4, -0.2) is 33.6 Å². The molecule has 0 spiro atoms. The average molecular weight is 496 g/mol. The summed E-state index contributed by atoms with van der Waals surface area (Å²) in [7, 11) is 0. The first-order valence-corrected chi connectivity index (χ1v) is 11.8. The SMILES string of the molecule is CCOc1ccc(C(=O)c2oc3ccccc3c2NC(=O)c2cc(-c3ccc(C)c(C)c3O)n[nH]2)cc1. The van der Waals surface area contributed by atoms with Crippen LogP contribution in [0.15, 0.2) is 71.1 Å². The Kier molecular flexibility index (Phi) is 6.23. The molecular weight excluding hydrogens is 470 g/mol. The summed E-state index contributed by atoms with van der Waals surface area (Å²) in [6, 6.07) is 19.0. The zero-order valence-electron chi connectivity index (χ0n) is 20.6. The minimum atomic E-state index is -0.505. The molecule has 186 valence electrons. The number of furan rings is 1. The molecule has 1 amide bonds. The summed E-state index contributed by atoms with van der Waals surface area (Å²) in [6.45, 7) is 6.13. The predicted molar refractivity (Wildman–Crippen MR) is 140 cm³/mol. The van der Waals surface area contributed by atoms with Crippen molar-refractivity contribution >= 4 is 28.3 Å². The number of H-pyrrole nitrogens is 1. The number of hydrogen-bond acceptors (Lipinski definition) is 6. The van der Waals surface area contributed by atoms with Crippen LogP contribution in [-0.2, 0) is 0 Å². The van der Waals surface area contributed by atoms with Crippen LogP contribution in [0.5, 0.6) is 11.5 Å². The smallest absolute Gasteiger partial charge is 0.273 e. The number of nitrogens with zero attached hydrogens (tertiary/aromatic N) is 1. The second kappa shape index (κ2) is 9.66. The first-order chi connectivity index (χ1) is 17.9. The van der Waals surface area contributed by atoms with E-state index in [0.29, 0.717) is 40.1 Å². The van der Waals surface area contributed by atoms with E-state index in [-0.39, 0.29) is 28.7 Å². The quantitative estimate of drug-likeness (QED) is 0.237. The fourth-order valence-electron chi connectivity index (χ4n) is 4.09. The van der Waals surface area contributed by atoms with Gasteiger partial charge in [0.1, 0.15) is 22.8 Å². The highest BCUT2D eigenvalue weighted by Crippen LogP contribution is 2.35. The van der Waals surface area contributed by atoms with Gasteiger partial charge in [-0.05, 0) is 80.4 Å². The van der Waals surface area contributed by atoms with Gasteiger partial charge in [-0.2, -0.15) is 5.10 Å². The molecule has 2 heterocycles. The lowest BCUT2D eigenvalue weighted by Crippen LogP contribution is -2.14. The normalized spacial score (nSPS) is 11.0. The summed E-state index contributed by atoms with van der Waals surface area (Å²) in [5.74, 6) is -0.0934. The Hall–Kier alpha value is -4.85. The highest BCUT2D eigenvalue weighted by atomic mass is 16.5. The number of phenols is 1. The van der Waals surface area contributed by atoms with Gasteiger partial charge >= 0.3 is 0 Å². The number of aryl methyl sites for hydroxylation is 1. The number of phenolic OH excluding ortho intramolecular Hbond substituents is 1. The Bertz CT molecular complexity index is 1630. The van der Waals surface area contributed by atoms with E-state index in [1.807, 2.05) is 26.8 Å². The highest BCUT2D eigenvalue weighted by Gasteiger charge is 2.25. The molecule has 37 heavy (non-hydrogen) atoms. The number of ketones is 1. The van der Waals surface area contributed by atoms with Crippen molar-refractivity contribution in [3.05, 3.63) is 94.9 Å². The topological polar surface area (TPSA) is 117 Å². The molecule has 0 radical (unpaired) electrons. The van der Waals surface area contributed by atoms with E-state index >= 15 is 0 Å². The van der Waals surface area contributed by atoms with Crippen LogP contribution in [0.25, 0.3) is 22.2 Å². The molecule has 5 aromatic rings. The van der Waals surface area contributed by atoms with Crippen LogP contribution in [0.3, 0.4) is 0 Å². The van der Waals surface area contributed by atoms with Gasteiger partial charge in [0.25, 0.3) is 5.91 Å². The number of fused-ring (bicyclic) bond motifs is 1. The molecule has 8 nitrogen and oxygen atoms in total. The molecule has 3 N–H and O–H groups in total. The van der Waals surface area contributed by atoms with Crippen LogP contribution in [0.1, 0.15) is 44.7 Å². The third-order valence-corrected chi connectivity index (χ3v) is 6.27. The van der Waals surface area contributed by atoms with Crippen molar-refractivity contribution in [1.29, 1.82) is 0 Å². The van der Waals surface area contributed by atoms with E-state index in [4.69, 9.17) is 9.15 Å². The molecule has 0 saturated carbocycles. The van der Waals surface area contributed by atoms with Crippen LogP contribution in [0.2, 0.25) is 0 Å². The van der Waals surface area contributed by atoms with Crippen LogP contribution < -0.4 is 10.1 Å². The number of anilines is 1. The van der Waals surface area contributed by atoms with Crippen molar-refractivity contribution in [3.8, 4) is 22.8 Å². The Morgan fingerprint density at radius 3 is 2.57 bits per heavy atom. The zero-order valence-corrected chi connectivity index (χ0v) is 20.6. The maximum absolute atomic E-state index is 13.4.